The maximum Gasteiger partial charge on any atom is 0.307 e. The SMILES string of the molecule is CC(Cl)OC(=O)CCC(=O)OC(C)Cl. The standard InChI is InChI=1S/C8H12Cl2O4/c1-5(9)13-7(11)3-4-8(12)14-6(2)10/h5-6H,3-4H2,1-2H3. The first kappa shape index (κ1) is 13.5. The van der Waals surface area contributed by atoms with Crippen molar-refractivity contribution in [3.8, 4) is 0 Å². The molecule has 0 heterocycles. The van der Waals surface area contributed by atoms with Crippen LogP contribution in [0, 0.1) is 0 Å². The van der Waals surface area contributed by atoms with Gasteiger partial charge in [-0.2, -0.15) is 0 Å². The van der Waals surface area contributed by atoms with E-state index >= 15 is 0 Å². The molecule has 0 aromatic carbocycles. The third-order valence-electron chi connectivity index (χ3n) is 1.12. The molecule has 0 aromatic heterocycles. The summed E-state index contributed by atoms with van der Waals surface area (Å²) in [5.74, 6) is -1.07. The van der Waals surface area contributed by atoms with E-state index in [1.165, 1.54) is 13.8 Å². The molecule has 0 aliphatic rings. The number of hydrogen-bond acceptors (Lipinski definition) is 4. The smallest absolute Gasteiger partial charge is 0.307 e. The fourth-order valence-electron chi connectivity index (χ4n) is 0.684. The van der Waals surface area contributed by atoms with Crippen LogP contribution in [-0.4, -0.2) is 23.1 Å². The van der Waals surface area contributed by atoms with E-state index < -0.39 is 23.1 Å². The first-order chi connectivity index (χ1) is 6.41. The Hall–Kier alpha value is -0.480. The van der Waals surface area contributed by atoms with Gasteiger partial charge in [-0.3, -0.25) is 9.59 Å². The van der Waals surface area contributed by atoms with Gasteiger partial charge < -0.3 is 9.47 Å². The molecule has 2 unspecified atom stereocenters. The van der Waals surface area contributed by atoms with Crippen molar-refractivity contribution in [2.75, 3.05) is 0 Å². The lowest BCUT2D eigenvalue weighted by Gasteiger charge is -2.07. The van der Waals surface area contributed by atoms with E-state index in [1.807, 2.05) is 0 Å². The Morgan fingerprint density at radius 2 is 1.29 bits per heavy atom. The number of halogens is 2. The first-order valence-corrected chi connectivity index (χ1v) is 4.96. The van der Waals surface area contributed by atoms with Crippen LogP contribution < -0.4 is 0 Å². The van der Waals surface area contributed by atoms with E-state index in [0.717, 1.165) is 0 Å². The largest absolute Gasteiger partial charge is 0.446 e. The minimum atomic E-state index is -0.689. The third-order valence-corrected chi connectivity index (χ3v) is 1.30. The molecule has 0 radical (unpaired) electrons. The topological polar surface area (TPSA) is 52.6 Å². The molecule has 0 fully saturated rings. The Kier molecular flexibility index (Phi) is 6.66. The Morgan fingerprint density at radius 3 is 1.50 bits per heavy atom. The van der Waals surface area contributed by atoms with Gasteiger partial charge in [-0.15, -0.1) is 0 Å². The molecule has 0 bridgehead atoms. The van der Waals surface area contributed by atoms with E-state index in [4.69, 9.17) is 23.2 Å². The molecule has 0 saturated heterocycles. The van der Waals surface area contributed by atoms with E-state index in [1.54, 1.807) is 0 Å². The lowest BCUT2D eigenvalue weighted by molar-refractivity contribution is -0.151. The van der Waals surface area contributed by atoms with E-state index in [9.17, 15) is 9.59 Å². The molecule has 0 N–H and O–H groups in total. The highest BCUT2D eigenvalue weighted by atomic mass is 35.5. The summed E-state index contributed by atoms with van der Waals surface area (Å²) in [6.45, 7) is 3.03. The zero-order valence-electron chi connectivity index (χ0n) is 7.96. The second-order valence-electron chi connectivity index (χ2n) is 2.57. The summed E-state index contributed by atoms with van der Waals surface area (Å²) in [5.41, 5.74) is -1.38. The summed E-state index contributed by atoms with van der Waals surface area (Å²) >= 11 is 10.8. The fraction of sp³-hybridized carbons (Fsp3) is 0.750. The fourth-order valence-corrected chi connectivity index (χ4v) is 0.883. The summed E-state index contributed by atoms with van der Waals surface area (Å²) in [6.07, 6.45) is -0.112. The molecule has 82 valence electrons. The van der Waals surface area contributed by atoms with Crippen LogP contribution in [0.25, 0.3) is 0 Å². The van der Waals surface area contributed by atoms with Gasteiger partial charge >= 0.3 is 11.9 Å². The number of alkyl halides is 2. The van der Waals surface area contributed by atoms with Crippen LogP contribution in [0.2, 0.25) is 0 Å². The number of hydrogen-bond donors (Lipinski definition) is 0. The monoisotopic (exact) mass is 242 g/mol. The quantitative estimate of drug-likeness (QED) is 0.547. The van der Waals surface area contributed by atoms with E-state index in [0.29, 0.717) is 0 Å². The Morgan fingerprint density at radius 1 is 1.00 bits per heavy atom. The molecule has 0 aliphatic carbocycles. The molecule has 0 aromatic rings. The summed E-state index contributed by atoms with van der Waals surface area (Å²) in [5, 5.41) is 0. The second-order valence-corrected chi connectivity index (χ2v) is 3.79. The van der Waals surface area contributed by atoms with Crippen LogP contribution in [0.4, 0.5) is 0 Å². The summed E-state index contributed by atoms with van der Waals surface area (Å²) in [7, 11) is 0. The van der Waals surface area contributed by atoms with E-state index in [2.05, 4.69) is 9.47 Å². The summed E-state index contributed by atoms with van der Waals surface area (Å²) in [6, 6.07) is 0. The van der Waals surface area contributed by atoms with Crippen LogP contribution >= 0.6 is 23.2 Å². The lowest BCUT2D eigenvalue weighted by Crippen LogP contribution is -2.14. The molecular weight excluding hydrogens is 231 g/mol. The van der Waals surface area contributed by atoms with E-state index in [-0.39, 0.29) is 12.8 Å². The molecule has 2 atom stereocenters. The van der Waals surface area contributed by atoms with Crippen LogP contribution in [-0.2, 0) is 19.1 Å². The van der Waals surface area contributed by atoms with Gasteiger partial charge in [-0.25, -0.2) is 0 Å². The number of rotatable bonds is 5. The predicted molar refractivity (Wildman–Crippen MR) is 52.0 cm³/mol. The Balaban J connectivity index is 3.61. The summed E-state index contributed by atoms with van der Waals surface area (Å²) < 4.78 is 9.18. The molecule has 14 heavy (non-hydrogen) atoms. The Bertz CT molecular complexity index is 182. The molecule has 0 saturated carbocycles. The van der Waals surface area contributed by atoms with Gasteiger partial charge in [-0.05, 0) is 13.8 Å². The van der Waals surface area contributed by atoms with Crippen LogP contribution in [0.3, 0.4) is 0 Å². The van der Waals surface area contributed by atoms with Crippen molar-refractivity contribution in [1.82, 2.24) is 0 Å². The zero-order valence-corrected chi connectivity index (χ0v) is 9.47. The molecule has 6 heteroatoms. The minimum Gasteiger partial charge on any atom is -0.446 e. The van der Waals surface area contributed by atoms with Crippen molar-refractivity contribution >= 4 is 35.1 Å². The van der Waals surface area contributed by atoms with Gasteiger partial charge in [0, 0.05) is 0 Å². The van der Waals surface area contributed by atoms with Crippen molar-refractivity contribution in [3.63, 3.8) is 0 Å². The average Bonchev–Trinajstić information content (AvgIpc) is 1.98. The highest BCUT2D eigenvalue weighted by Gasteiger charge is 2.12. The van der Waals surface area contributed by atoms with Crippen molar-refractivity contribution in [2.45, 2.75) is 37.8 Å². The number of carbonyl (C=O) groups excluding carboxylic acids is 2. The Labute approximate surface area is 92.5 Å². The predicted octanol–water partition coefficient (Wildman–Crippen LogP) is 2.02. The van der Waals surface area contributed by atoms with Crippen molar-refractivity contribution in [3.05, 3.63) is 0 Å². The van der Waals surface area contributed by atoms with Crippen molar-refractivity contribution < 1.29 is 19.1 Å². The molecule has 0 spiro atoms. The van der Waals surface area contributed by atoms with Gasteiger partial charge in [0.1, 0.15) is 0 Å². The van der Waals surface area contributed by atoms with Crippen molar-refractivity contribution in [1.29, 1.82) is 0 Å². The minimum absolute atomic E-state index is 0.0560. The highest BCUT2D eigenvalue weighted by molar-refractivity contribution is 6.20. The third kappa shape index (κ3) is 8.13. The normalized spacial score (nSPS) is 14.3. The van der Waals surface area contributed by atoms with Gasteiger partial charge in [-0.1, -0.05) is 23.2 Å². The van der Waals surface area contributed by atoms with Gasteiger partial charge in [0.05, 0.1) is 12.8 Å². The number of carbonyl (C=O) groups is 2. The maximum absolute atomic E-state index is 10.9. The average molecular weight is 243 g/mol. The molecule has 0 amide bonds. The maximum atomic E-state index is 10.9. The second kappa shape index (κ2) is 6.90. The van der Waals surface area contributed by atoms with Gasteiger partial charge in [0.15, 0.2) is 11.1 Å². The van der Waals surface area contributed by atoms with Crippen LogP contribution in [0.5, 0.6) is 0 Å². The van der Waals surface area contributed by atoms with Gasteiger partial charge in [0.25, 0.3) is 0 Å². The van der Waals surface area contributed by atoms with Crippen molar-refractivity contribution in [2.24, 2.45) is 0 Å². The van der Waals surface area contributed by atoms with Gasteiger partial charge in [0.2, 0.25) is 0 Å². The molecule has 4 nitrogen and oxygen atoms in total. The molecule has 0 rings (SSSR count). The zero-order chi connectivity index (χ0) is 11.1. The number of esters is 2. The summed E-state index contributed by atoms with van der Waals surface area (Å²) in [4.78, 5) is 21.8. The van der Waals surface area contributed by atoms with Crippen LogP contribution in [0.1, 0.15) is 26.7 Å². The number of ether oxygens (including phenoxy) is 2. The lowest BCUT2D eigenvalue weighted by atomic mass is 10.3. The molecule has 0 aliphatic heterocycles. The molecular formula is C8H12Cl2O4. The van der Waals surface area contributed by atoms with Crippen LogP contribution in [0.15, 0.2) is 0 Å². The highest BCUT2D eigenvalue weighted by Crippen LogP contribution is 2.04. The first-order valence-electron chi connectivity index (χ1n) is 4.09.